The number of nitrogens with two attached hydrogens (primary N) is 1. The molecule has 0 radical (unpaired) electrons. The van der Waals surface area contributed by atoms with Crippen LogP contribution in [0.2, 0.25) is 0 Å². The molecule has 0 unspecified atom stereocenters. The monoisotopic (exact) mass is 398 g/mol. The molecule has 0 saturated carbocycles. The Morgan fingerprint density at radius 1 is 1.17 bits per heavy atom. The summed E-state index contributed by atoms with van der Waals surface area (Å²) in [5.41, 5.74) is 8.34. The van der Waals surface area contributed by atoms with Crippen LogP contribution in [0.4, 0.5) is 17.5 Å². The maximum atomic E-state index is 12.0. The van der Waals surface area contributed by atoms with Crippen LogP contribution in [0.25, 0.3) is 0 Å². The summed E-state index contributed by atoms with van der Waals surface area (Å²) in [7, 11) is 0. The highest BCUT2D eigenvalue weighted by Gasteiger charge is 2.27. The zero-order chi connectivity index (χ0) is 21.0. The molecule has 3 rings (SSSR count). The average molecular weight is 399 g/mol. The van der Waals surface area contributed by atoms with Gasteiger partial charge >= 0.3 is 5.97 Å². The fourth-order valence-electron chi connectivity index (χ4n) is 2.83. The highest BCUT2D eigenvalue weighted by atomic mass is 16.7. The number of hydroxylamine groups is 2. The van der Waals surface area contributed by atoms with Crippen molar-refractivity contribution in [2.24, 2.45) is 5.41 Å². The number of hydrogen-bond acceptors (Lipinski definition) is 8. The number of hydrogen-bond donors (Lipinski definition) is 2. The van der Waals surface area contributed by atoms with E-state index in [-0.39, 0.29) is 5.97 Å². The molecule has 1 aliphatic rings. The molecule has 1 aliphatic heterocycles. The number of nitrogen functional groups attached to an aromatic ring is 1. The summed E-state index contributed by atoms with van der Waals surface area (Å²) in [5.74, 6) is 0.779. The predicted molar refractivity (Wildman–Crippen MR) is 113 cm³/mol. The minimum Gasteiger partial charge on any atom is -0.383 e. The third-order valence-corrected chi connectivity index (χ3v) is 4.78. The first kappa shape index (κ1) is 21.0. The van der Waals surface area contributed by atoms with E-state index in [9.17, 15) is 4.79 Å². The van der Waals surface area contributed by atoms with Gasteiger partial charge in [0.15, 0.2) is 0 Å². The average Bonchev–Trinajstić information content (AvgIpc) is 2.67. The Hall–Kier alpha value is -2.71. The van der Waals surface area contributed by atoms with E-state index in [2.05, 4.69) is 32.3 Å². The van der Waals surface area contributed by atoms with Gasteiger partial charge in [-0.3, -0.25) is 4.90 Å². The molecular formula is C21H30N6O2. The molecule has 3 N–H and O–H groups in total. The zero-order valence-corrected chi connectivity index (χ0v) is 17.6. The Balaban J connectivity index is 1.48. The molecule has 8 heteroatoms. The second-order valence-corrected chi connectivity index (χ2v) is 8.42. The van der Waals surface area contributed by atoms with Crippen LogP contribution < -0.4 is 11.1 Å². The molecule has 0 amide bonds. The van der Waals surface area contributed by atoms with Crippen LogP contribution in [0.1, 0.15) is 31.9 Å². The number of nitrogens with zero attached hydrogens (tertiary/aromatic N) is 4. The fraction of sp³-hybridized carbons (Fsp3) is 0.476. The first-order valence-corrected chi connectivity index (χ1v) is 9.85. The molecule has 1 saturated heterocycles. The SMILES string of the molecule is Cc1cnc(Nc2ccc(CN3CCN(OC(=O)C(C)(C)C)CC3)cc2)nc1N. The van der Waals surface area contributed by atoms with Gasteiger partial charge in [0.1, 0.15) is 5.82 Å². The Bertz CT molecular complexity index is 839. The summed E-state index contributed by atoms with van der Waals surface area (Å²) in [6, 6.07) is 8.20. The minimum absolute atomic E-state index is 0.187. The second kappa shape index (κ2) is 8.75. The quantitative estimate of drug-likeness (QED) is 0.794. The van der Waals surface area contributed by atoms with Crippen molar-refractivity contribution >= 4 is 23.4 Å². The van der Waals surface area contributed by atoms with Gasteiger partial charge in [0, 0.05) is 50.2 Å². The maximum Gasteiger partial charge on any atom is 0.330 e. The Kier molecular flexibility index (Phi) is 6.34. The zero-order valence-electron chi connectivity index (χ0n) is 17.6. The first-order valence-electron chi connectivity index (χ1n) is 9.85. The van der Waals surface area contributed by atoms with Gasteiger partial charge in [-0.15, -0.1) is 5.06 Å². The van der Waals surface area contributed by atoms with Gasteiger partial charge < -0.3 is 15.9 Å². The van der Waals surface area contributed by atoms with Crippen molar-refractivity contribution in [3.8, 4) is 0 Å². The Morgan fingerprint density at radius 2 is 1.83 bits per heavy atom. The van der Waals surface area contributed by atoms with E-state index in [1.165, 1.54) is 5.56 Å². The number of nitrogens with one attached hydrogen (secondary N) is 1. The van der Waals surface area contributed by atoms with E-state index in [4.69, 9.17) is 10.6 Å². The van der Waals surface area contributed by atoms with E-state index < -0.39 is 5.41 Å². The van der Waals surface area contributed by atoms with Gasteiger partial charge in [-0.2, -0.15) is 4.98 Å². The molecule has 156 valence electrons. The lowest BCUT2D eigenvalue weighted by Crippen LogP contribution is -2.47. The van der Waals surface area contributed by atoms with Crippen molar-refractivity contribution in [2.75, 3.05) is 37.2 Å². The number of benzene rings is 1. The molecule has 29 heavy (non-hydrogen) atoms. The molecule has 2 heterocycles. The number of aryl methyl sites for hydroxylation is 1. The largest absolute Gasteiger partial charge is 0.383 e. The molecule has 1 fully saturated rings. The number of anilines is 3. The highest BCUT2D eigenvalue weighted by Crippen LogP contribution is 2.19. The number of piperazine rings is 1. The topological polar surface area (TPSA) is 96.6 Å². The van der Waals surface area contributed by atoms with Crippen LogP contribution in [0, 0.1) is 12.3 Å². The van der Waals surface area contributed by atoms with Crippen LogP contribution in [0.15, 0.2) is 30.5 Å². The summed E-state index contributed by atoms with van der Waals surface area (Å²) in [4.78, 5) is 28.3. The standard InChI is InChI=1S/C21H30N6O2/c1-15-13-23-20(25-18(15)22)24-17-7-5-16(6-8-17)14-26-9-11-27(12-10-26)29-19(28)21(2,3)4/h5-8,13H,9-12,14H2,1-4H3,(H3,22,23,24,25). The number of rotatable bonds is 5. The molecule has 1 aromatic carbocycles. The lowest BCUT2D eigenvalue weighted by Gasteiger charge is -2.34. The summed E-state index contributed by atoms with van der Waals surface area (Å²) in [5, 5.41) is 4.94. The number of carbonyl (C=O) groups excluding carboxylic acids is 1. The molecular weight excluding hydrogens is 368 g/mol. The van der Waals surface area contributed by atoms with E-state index in [0.29, 0.717) is 24.9 Å². The van der Waals surface area contributed by atoms with Gasteiger partial charge in [0.2, 0.25) is 5.95 Å². The second-order valence-electron chi connectivity index (χ2n) is 8.42. The number of aromatic nitrogens is 2. The van der Waals surface area contributed by atoms with Crippen LogP contribution in [0.3, 0.4) is 0 Å². The summed E-state index contributed by atoms with van der Waals surface area (Å²) >= 11 is 0. The van der Waals surface area contributed by atoms with Crippen molar-refractivity contribution < 1.29 is 9.63 Å². The van der Waals surface area contributed by atoms with Crippen LogP contribution >= 0.6 is 0 Å². The maximum absolute atomic E-state index is 12.0. The van der Waals surface area contributed by atoms with E-state index in [0.717, 1.165) is 30.9 Å². The molecule has 0 spiro atoms. The van der Waals surface area contributed by atoms with Gasteiger partial charge in [0.05, 0.1) is 5.41 Å². The van der Waals surface area contributed by atoms with Gasteiger partial charge in [-0.1, -0.05) is 12.1 Å². The van der Waals surface area contributed by atoms with Crippen LogP contribution in [-0.4, -0.2) is 52.1 Å². The molecule has 0 bridgehead atoms. The Labute approximate surface area is 172 Å². The number of carbonyl (C=O) groups is 1. The summed E-state index contributed by atoms with van der Waals surface area (Å²) < 4.78 is 0. The molecule has 0 aliphatic carbocycles. The van der Waals surface area contributed by atoms with Crippen molar-refractivity contribution in [2.45, 2.75) is 34.2 Å². The minimum atomic E-state index is -0.484. The van der Waals surface area contributed by atoms with Crippen LogP contribution in [0.5, 0.6) is 0 Å². The first-order chi connectivity index (χ1) is 13.7. The van der Waals surface area contributed by atoms with Gasteiger partial charge in [-0.25, -0.2) is 9.78 Å². The lowest BCUT2D eigenvalue weighted by atomic mass is 9.98. The fourth-order valence-corrected chi connectivity index (χ4v) is 2.83. The van der Waals surface area contributed by atoms with Crippen molar-refractivity contribution in [1.82, 2.24) is 19.9 Å². The molecule has 8 nitrogen and oxygen atoms in total. The van der Waals surface area contributed by atoms with Crippen molar-refractivity contribution in [3.05, 3.63) is 41.6 Å². The molecule has 0 atom stereocenters. The van der Waals surface area contributed by atoms with E-state index in [1.54, 1.807) is 11.3 Å². The van der Waals surface area contributed by atoms with E-state index >= 15 is 0 Å². The Morgan fingerprint density at radius 3 is 2.41 bits per heavy atom. The molecule has 1 aromatic heterocycles. The molecule has 2 aromatic rings. The van der Waals surface area contributed by atoms with Crippen molar-refractivity contribution in [3.63, 3.8) is 0 Å². The normalized spacial score (nSPS) is 15.9. The summed E-state index contributed by atoms with van der Waals surface area (Å²) in [6.45, 7) is 11.5. The third-order valence-electron chi connectivity index (χ3n) is 4.78. The van der Waals surface area contributed by atoms with Gasteiger partial charge in [-0.05, 0) is 45.4 Å². The lowest BCUT2D eigenvalue weighted by molar-refractivity contribution is -0.207. The predicted octanol–water partition coefficient (Wildman–Crippen LogP) is 2.73. The van der Waals surface area contributed by atoms with Crippen molar-refractivity contribution in [1.29, 1.82) is 0 Å². The summed E-state index contributed by atoms with van der Waals surface area (Å²) in [6.07, 6.45) is 1.71. The third kappa shape index (κ3) is 5.88. The van der Waals surface area contributed by atoms with E-state index in [1.807, 2.05) is 39.8 Å². The smallest absolute Gasteiger partial charge is 0.330 e. The highest BCUT2D eigenvalue weighted by molar-refractivity contribution is 5.75. The van der Waals surface area contributed by atoms with Crippen LogP contribution in [-0.2, 0) is 16.2 Å². The van der Waals surface area contributed by atoms with Gasteiger partial charge in [0.25, 0.3) is 0 Å².